The summed E-state index contributed by atoms with van der Waals surface area (Å²) in [4.78, 5) is 41.6. The molecule has 1 atom stereocenters. The summed E-state index contributed by atoms with van der Waals surface area (Å²) in [6.07, 6.45) is 11.7. The zero-order chi connectivity index (χ0) is 19.8. The van der Waals surface area contributed by atoms with E-state index in [-0.39, 0.29) is 29.9 Å². The Hall–Kier alpha value is -1.79. The Morgan fingerprint density at radius 2 is 1.61 bits per heavy atom. The van der Waals surface area contributed by atoms with E-state index in [1.807, 2.05) is 4.90 Å². The van der Waals surface area contributed by atoms with Gasteiger partial charge in [-0.3, -0.25) is 9.59 Å². The summed E-state index contributed by atoms with van der Waals surface area (Å²) in [6, 6.07) is -0.214. The first kappa shape index (κ1) is 20.9. The fourth-order valence-corrected chi connectivity index (χ4v) is 4.65. The minimum absolute atomic E-state index is 0.0121. The molecule has 28 heavy (non-hydrogen) atoms. The zero-order valence-corrected chi connectivity index (χ0v) is 17.1. The highest BCUT2D eigenvalue weighted by Gasteiger charge is 2.37. The number of nitrogens with zero attached hydrogens (tertiary/aromatic N) is 2. The van der Waals surface area contributed by atoms with Crippen molar-refractivity contribution < 1.29 is 14.4 Å². The molecule has 2 aliphatic heterocycles. The lowest BCUT2D eigenvalue weighted by Crippen LogP contribution is -2.53. The number of rotatable bonds is 2. The van der Waals surface area contributed by atoms with Gasteiger partial charge in [0.2, 0.25) is 11.8 Å². The van der Waals surface area contributed by atoms with Crippen LogP contribution < -0.4 is 10.6 Å². The molecule has 2 saturated heterocycles. The van der Waals surface area contributed by atoms with Gasteiger partial charge in [0.15, 0.2) is 0 Å². The van der Waals surface area contributed by atoms with E-state index in [9.17, 15) is 14.4 Å². The molecule has 3 fully saturated rings. The molecule has 0 aromatic heterocycles. The largest absolute Gasteiger partial charge is 0.356 e. The second-order valence-corrected chi connectivity index (χ2v) is 8.48. The van der Waals surface area contributed by atoms with Crippen LogP contribution >= 0.6 is 0 Å². The van der Waals surface area contributed by atoms with Crippen LogP contribution in [0.25, 0.3) is 0 Å². The van der Waals surface area contributed by atoms with E-state index < -0.39 is 0 Å². The summed E-state index contributed by atoms with van der Waals surface area (Å²) in [7, 11) is 0. The van der Waals surface area contributed by atoms with Crippen LogP contribution in [0.15, 0.2) is 0 Å². The number of hydrogen-bond acceptors (Lipinski definition) is 3. The smallest absolute Gasteiger partial charge is 0.318 e. The van der Waals surface area contributed by atoms with Crippen LogP contribution in [0.5, 0.6) is 0 Å². The Balaban J connectivity index is 1.59. The summed E-state index contributed by atoms with van der Waals surface area (Å²) in [6.45, 7) is 2.49. The highest BCUT2D eigenvalue weighted by atomic mass is 16.2. The molecule has 0 radical (unpaired) electrons. The van der Waals surface area contributed by atoms with Gasteiger partial charge in [-0.05, 0) is 38.5 Å². The monoisotopic (exact) mass is 392 g/mol. The van der Waals surface area contributed by atoms with Gasteiger partial charge in [-0.25, -0.2) is 4.79 Å². The van der Waals surface area contributed by atoms with Gasteiger partial charge < -0.3 is 20.4 Å². The lowest BCUT2D eigenvalue weighted by molar-refractivity contribution is -0.135. The summed E-state index contributed by atoms with van der Waals surface area (Å²) < 4.78 is 0. The van der Waals surface area contributed by atoms with E-state index in [1.54, 1.807) is 4.90 Å². The number of urea groups is 1. The molecule has 0 spiro atoms. The highest BCUT2D eigenvalue weighted by molar-refractivity contribution is 5.88. The molecule has 2 heterocycles. The molecule has 0 bridgehead atoms. The average molecular weight is 393 g/mol. The van der Waals surface area contributed by atoms with Crippen molar-refractivity contribution in [2.75, 3.05) is 26.2 Å². The normalized spacial score (nSPS) is 25.7. The van der Waals surface area contributed by atoms with E-state index in [1.165, 1.54) is 19.3 Å². The van der Waals surface area contributed by atoms with E-state index in [0.717, 1.165) is 57.9 Å². The topological polar surface area (TPSA) is 81.8 Å². The molecule has 1 aliphatic carbocycles. The van der Waals surface area contributed by atoms with Gasteiger partial charge in [0.05, 0.1) is 0 Å². The van der Waals surface area contributed by atoms with Crippen molar-refractivity contribution in [3.63, 3.8) is 0 Å². The van der Waals surface area contributed by atoms with E-state index in [2.05, 4.69) is 10.6 Å². The number of likely N-dealkylation sites (tertiary alicyclic amines) is 1. The Labute approximate surface area is 168 Å². The number of amides is 4. The van der Waals surface area contributed by atoms with Crippen LogP contribution in [0.2, 0.25) is 0 Å². The van der Waals surface area contributed by atoms with Gasteiger partial charge in [0.1, 0.15) is 6.04 Å². The molecule has 2 N–H and O–H groups in total. The standard InChI is InChI=1S/C21H36N4O3/c26-19-12-16-24(14-7-2-1-6-13-22-19)20(27)18-11-8-15-25(18)21(28)23-17-9-4-3-5-10-17/h17-18H,1-16H2,(H,22,26)(H,23,28)/t18-/m0/s1. The van der Waals surface area contributed by atoms with Crippen LogP contribution in [0.4, 0.5) is 4.79 Å². The Kier molecular flexibility index (Phi) is 7.98. The molecular weight excluding hydrogens is 356 g/mol. The first-order valence-electron chi connectivity index (χ1n) is 11.3. The zero-order valence-electron chi connectivity index (χ0n) is 17.1. The summed E-state index contributed by atoms with van der Waals surface area (Å²) >= 11 is 0. The maximum atomic E-state index is 13.2. The van der Waals surface area contributed by atoms with Crippen LogP contribution in [-0.4, -0.2) is 65.9 Å². The lowest BCUT2D eigenvalue weighted by atomic mass is 9.96. The summed E-state index contributed by atoms with van der Waals surface area (Å²) in [5, 5.41) is 6.09. The van der Waals surface area contributed by atoms with Gasteiger partial charge in [-0.15, -0.1) is 0 Å². The third-order valence-corrected chi connectivity index (χ3v) is 6.33. The molecule has 0 aromatic rings. The molecule has 158 valence electrons. The quantitative estimate of drug-likeness (QED) is 0.757. The molecular formula is C21H36N4O3. The average Bonchev–Trinajstić information content (AvgIpc) is 3.18. The Bertz CT molecular complexity index is 548. The fraction of sp³-hybridized carbons (Fsp3) is 0.857. The number of carbonyl (C=O) groups is 3. The van der Waals surface area contributed by atoms with Crippen molar-refractivity contribution in [2.45, 2.75) is 89.1 Å². The molecule has 3 aliphatic rings. The highest BCUT2D eigenvalue weighted by Crippen LogP contribution is 2.22. The Morgan fingerprint density at radius 1 is 0.857 bits per heavy atom. The fourth-order valence-electron chi connectivity index (χ4n) is 4.65. The van der Waals surface area contributed by atoms with Gasteiger partial charge >= 0.3 is 6.03 Å². The van der Waals surface area contributed by atoms with E-state index in [4.69, 9.17) is 0 Å². The third kappa shape index (κ3) is 5.85. The van der Waals surface area contributed by atoms with Gasteiger partial charge in [-0.2, -0.15) is 0 Å². The molecule has 4 amide bonds. The molecule has 1 saturated carbocycles. The SMILES string of the molecule is O=C1CCN(C(=O)[C@@H]2CCCN2C(=O)NC2CCCCC2)CCCCCCN1. The van der Waals surface area contributed by atoms with Crippen molar-refractivity contribution in [1.29, 1.82) is 0 Å². The lowest BCUT2D eigenvalue weighted by Gasteiger charge is -2.32. The van der Waals surface area contributed by atoms with Crippen LogP contribution in [0, 0.1) is 0 Å². The van der Waals surface area contributed by atoms with Crippen LogP contribution in [0.3, 0.4) is 0 Å². The molecule has 7 heteroatoms. The second kappa shape index (κ2) is 10.7. The number of nitrogens with one attached hydrogen (secondary N) is 2. The maximum Gasteiger partial charge on any atom is 0.318 e. The van der Waals surface area contributed by atoms with Gasteiger partial charge in [-0.1, -0.05) is 32.1 Å². The molecule has 0 aromatic carbocycles. The first-order valence-corrected chi connectivity index (χ1v) is 11.3. The number of carbonyl (C=O) groups excluding carboxylic acids is 3. The van der Waals surface area contributed by atoms with Crippen molar-refractivity contribution in [2.24, 2.45) is 0 Å². The third-order valence-electron chi connectivity index (χ3n) is 6.33. The van der Waals surface area contributed by atoms with E-state index in [0.29, 0.717) is 26.1 Å². The molecule has 7 nitrogen and oxygen atoms in total. The van der Waals surface area contributed by atoms with Gasteiger partial charge in [0, 0.05) is 38.6 Å². The van der Waals surface area contributed by atoms with Gasteiger partial charge in [0.25, 0.3) is 0 Å². The molecule has 3 rings (SSSR count). The minimum Gasteiger partial charge on any atom is -0.356 e. The summed E-state index contributed by atoms with van der Waals surface area (Å²) in [5.74, 6) is 0.0290. The maximum absolute atomic E-state index is 13.2. The second-order valence-electron chi connectivity index (χ2n) is 8.48. The summed E-state index contributed by atoms with van der Waals surface area (Å²) in [5.41, 5.74) is 0. The van der Waals surface area contributed by atoms with Crippen molar-refractivity contribution in [1.82, 2.24) is 20.4 Å². The van der Waals surface area contributed by atoms with Crippen LogP contribution in [-0.2, 0) is 9.59 Å². The van der Waals surface area contributed by atoms with E-state index >= 15 is 0 Å². The molecule has 0 unspecified atom stereocenters. The Morgan fingerprint density at radius 3 is 2.43 bits per heavy atom. The van der Waals surface area contributed by atoms with Crippen molar-refractivity contribution >= 4 is 17.8 Å². The van der Waals surface area contributed by atoms with Crippen LogP contribution in [0.1, 0.15) is 77.0 Å². The minimum atomic E-state index is -0.378. The predicted molar refractivity (Wildman–Crippen MR) is 108 cm³/mol. The predicted octanol–water partition coefficient (Wildman–Crippen LogP) is 2.40. The first-order chi connectivity index (χ1) is 13.6. The van der Waals surface area contributed by atoms with Crippen molar-refractivity contribution in [3.8, 4) is 0 Å². The number of hydrogen-bond donors (Lipinski definition) is 2. The van der Waals surface area contributed by atoms with Crippen molar-refractivity contribution in [3.05, 3.63) is 0 Å².